The minimum Gasteiger partial charge on any atom is -0.316 e. The number of carbonyl (C=O) groups is 1. The maximum Gasteiger partial charge on any atom is 0.279 e. The van der Waals surface area contributed by atoms with Gasteiger partial charge in [0.15, 0.2) is 15.0 Å². The molecule has 2 aliphatic rings. The van der Waals surface area contributed by atoms with Crippen LogP contribution in [0.3, 0.4) is 0 Å². The van der Waals surface area contributed by atoms with Crippen molar-refractivity contribution in [2.75, 3.05) is 16.4 Å². The van der Waals surface area contributed by atoms with Gasteiger partial charge < -0.3 is 4.90 Å². The second-order valence-electron chi connectivity index (χ2n) is 6.72. The Labute approximate surface area is 170 Å². The number of halogens is 1. The van der Waals surface area contributed by atoms with Crippen molar-refractivity contribution in [1.29, 1.82) is 0 Å². The number of rotatable bonds is 2. The summed E-state index contributed by atoms with van der Waals surface area (Å²) in [6.45, 7) is 1.93. The van der Waals surface area contributed by atoms with Gasteiger partial charge in [-0.15, -0.1) is 0 Å². The van der Waals surface area contributed by atoms with Crippen LogP contribution in [0, 0.1) is 6.92 Å². The zero-order valence-electron chi connectivity index (χ0n) is 14.5. The molecule has 8 heteroatoms. The lowest BCUT2D eigenvalue weighted by atomic mass is 10.1. The number of hydrogen-bond donors (Lipinski definition) is 0. The molecular weight excluding hydrogens is 448 g/mol. The molecule has 0 unspecified atom stereocenters. The molecule has 5 nitrogen and oxygen atoms in total. The number of benzene rings is 2. The molecule has 2 aromatic rings. The van der Waals surface area contributed by atoms with Gasteiger partial charge in [-0.2, -0.15) is 4.99 Å². The highest BCUT2D eigenvalue weighted by Crippen LogP contribution is 2.41. The van der Waals surface area contributed by atoms with E-state index in [-0.39, 0.29) is 28.7 Å². The number of nitrogens with zero attached hydrogens (tertiary/aromatic N) is 2. The first kappa shape index (κ1) is 18.7. The van der Waals surface area contributed by atoms with Crippen LogP contribution in [-0.4, -0.2) is 42.3 Å². The molecule has 0 aromatic heterocycles. The Bertz CT molecular complexity index is 1050. The van der Waals surface area contributed by atoms with Gasteiger partial charge in [-0.05, 0) is 37.3 Å². The number of amides is 1. The summed E-state index contributed by atoms with van der Waals surface area (Å²) in [7, 11) is -3.08. The van der Waals surface area contributed by atoms with Crippen molar-refractivity contribution >= 4 is 54.3 Å². The van der Waals surface area contributed by atoms with Gasteiger partial charge >= 0.3 is 0 Å². The molecule has 0 radical (unpaired) electrons. The molecular formula is C19H17BrN2O3S2. The van der Waals surface area contributed by atoms with Gasteiger partial charge in [0.1, 0.15) is 0 Å². The van der Waals surface area contributed by atoms with Crippen molar-refractivity contribution < 1.29 is 13.2 Å². The second-order valence-corrected chi connectivity index (χ2v) is 11.0. The van der Waals surface area contributed by atoms with E-state index in [0.29, 0.717) is 10.7 Å². The summed E-state index contributed by atoms with van der Waals surface area (Å²) < 4.78 is 25.1. The zero-order chi connectivity index (χ0) is 19.2. The lowest BCUT2D eigenvalue weighted by molar-refractivity contribution is 0.100. The van der Waals surface area contributed by atoms with E-state index in [1.807, 2.05) is 48.2 Å². The van der Waals surface area contributed by atoms with E-state index in [1.54, 1.807) is 12.1 Å². The van der Waals surface area contributed by atoms with Gasteiger partial charge in [-0.25, -0.2) is 8.42 Å². The smallest absolute Gasteiger partial charge is 0.279 e. The van der Waals surface area contributed by atoms with Crippen LogP contribution in [0.15, 0.2) is 58.0 Å². The summed E-state index contributed by atoms with van der Waals surface area (Å²) in [5, 5.41) is 0.447. The first-order chi connectivity index (χ1) is 12.8. The number of fused-ring (bicyclic) bond motifs is 1. The summed E-state index contributed by atoms with van der Waals surface area (Å²) in [5.74, 6) is -0.122. The first-order valence-electron chi connectivity index (χ1n) is 8.44. The minimum absolute atomic E-state index is 0.0782. The molecule has 2 aliphatic heterocycles. The highest BCUT2D eigenvalue weighted by Gasteiger charge is 2.49. The van der Waals surface area contributed by atoms with Crippen LogP contribution < -0.4 is 4.90 Å². The third-order valence-electron chi connectivity index (χ3n) is 4.62. The van der Waals surface area contributed by atoms with Crippen LogP contribution in [0.2, 0.25) is 0 Å². The SMILES string of the molecule is Cc1cccc(C(=O)N=C2S[C@H]3CS(=O)(=O)C[C@H]3N2c2cccc(Br)c2)c1. The van der Waals surface area contributed by atoms with Crippen LogP contribution in [0.25, 0.3) is 0 Å². The van der Waals surface area contributed by atoms with E-state index < -0.39 is 9.84 Å². The summed E-state index contributed by atoms with van der Waals surface area (Å²) >= 11 is 4.84. The Hall–Kier alpha value is -1.64. The number of thioether (sulfide) groups is 1. The Morgan fingerprint density at radius 1 is 1.19 bits per heavy atom. The molecule has 2 aromatic carbocycles. The standard InChI is InChI=1S/C19H17BrN2O3S2/c1-12-4-2-5-13(8-12)18(23)21-19-22(15-7-3-6-14(20)9-15)16-10-27(24,25)11-17(16)26-19/h2-9,16-17H,10-11H2,1H3/t16-,17+/m1/s1. The van der Waals surface area contributed by atoms with Crippen LogP contribution in [0.1, 0.15) is 15.9 Å². The monoisotopic (exact) mass is 464 g/mol. The fraction of sp³-hybridized carbons (Fsp3) is 0.263. The van der Waals surface area contributed by atoms with Gasteiger partial charge in [0.25, 0.3) is 5.91 Å². The number of amidine groups is 1. The van der Waals surface area contributed by atoms with Crippen molar-refractivity contribution in [3.8, 4) is 0 Å². The van der Waals surface area contributed by atoms with Gasteiger partial charge in [0, 0.05) is 21.0 Å². The number of sulfone groups is 1. The van der Waals surface area contributed by atoms with E-state index in [0.717, 1.165) is 15.7 Å². The molecule has 1 amide bonds. The predicted octanol–water partition coefficient (Wildman–Crippen LogP) is 3.67. The number of hydrogen-bond acceptors (Lipinski definition) is 4. The Balaban J connectivity index is 1.74. The fourth-order valence-corrected chi connectivity index (χ4v) is 7.72. The van der Waals surface area contributed by atoms with Crippen LogP contribution in [0.5, 0.6) is 0 Å². The third kappa shape index (κ3) is 3.83. The van der Waals surface area contributed by atoms with Crippen LogP contribution in [-0.2, 0) is 9.84 Å². The summed E-state index contributed by atoms with van der Waals surface area (Å²) in [6, 6.07) is 14.7. The average Bonchev–Trinajstić information content (AvgIpc) is 3.05. The van der Waals surface area contributed by atoms with Crippen LogP contribution >= 0.6 is 27.7 Å². The van der Waals surface area contributed by atoms with Crippen molar-refractivity contribution in [3.05, 3.63) is 64.1 Å². The molecule has 2 heterocycles. The maximum absolute atomic E-state index is 12.7. The predicted molar refractivity (Wildman–Crippen MR) is 113 cm³/mol. The molecule has 0 saturated carbocycles. The van der Waals surface area contributed by atoms with Gasteiger partial charge in [0.2, 0.25) is 0 Å². The molecule has 2 saturated heterocycles. The van der Waals surface area contributed by atoms with Crippen molar-refractivity contribution in [2.45, 2.75) is 18.2 Å². The number of anilines is 1. The molecule has 140 valence electrons. The largest absolute Gasteiger partial charge is 0.316 e. The Morgan fingerprint density at radius 2 is 1.96 bits per heavy atom. The Morgan fingerprint density at radius 3 is 2.70 bits per heavy atom. The van der Waals surface area contributed by atoms with E-state index in [2.05, 4.69) is 20.9 Å². The van der Waals surface area contributed by atoms with E-state index in [4.69, 9.17) is 0 Å². The third-order valence-corrected chi connectivity index (χ3v) is 8.32. The lowest BCUT2D eigenvalue weighted by Crippen LogP contribution is -2.37. The number of aryl methyl sites for hydroxylation is 1. The van der Waals surface area contributed by atoms with Crippen molar-refractivity contribution in [1.82, 2.24) is 0 Å². The van der Waals surface area contributed by atoms with E-state index in [9.17, 15) is 13.2 Å². The second kappa shape index (κ2) is 7.07. The van der Waals surface area contributed by atoms with E-state index >= 15 is 0 Å². The normalized spacial score (nSPS) is 25.0. The molecule has 0 aliphatic carbocycles. The molecule has 2 atom stereocenters. The fourth-order valence-electron chi connectivity index (χ4n) is 3.42. The number of aliphatic imine (C=N–C) groups is 1. The van der Waals surface area contributed by atoms with Gasteiger partial charge in [-0.3, -0.25) is 4.79 Å². The minimum atomic E-state index is -3.08. The Kier molecular flexibility index (Phi) is 4.90. The molecule has 2 fully saturated rings. The first-order valence-corrected chi connectivity index (χ1v) is 11.9. The van der Waals surface area contributed by atoms with Crippen LogP contribution in [0.4, 0.5) is 5.69 Å². The molecule has 27 heavy (non-hydrogen) atoms. The van der Waals surface area contributed by atoms with Gasteiger partial charge in [-0.1, -0.05) is 51.5 Å². The molecule has 4 rings (SSSR count). The highest BCUT2D eigenvalue weighted by molar-refractivity contribution is 9.10. The zero-order valence-corrected chi connectivity index (χ0v) is 17.7. The van der Waals surface area contributed by atoms with Gasteiger partial charge in [0.05, 0.1) is 17.5 Å². The lowest BCUT2D eigenvalue weighted by Gasteiger charge is -2.24. The molecule has 0 spiro atoms. The summed E-state index contributed by atoms with van der Waals surface area (Å²) in [6.07, 6.45) is 0. The summed E-state index contributed by atoms with van der Waals surface area (Å²) in [4.78, 5) is 19.0. The molecule has 0 bridgehead atoms. The number of carbonyl (C=O) groups excluding carboxylic acids is 1. The molecule has 0 N–H and O–H groups in total. The van der Waals surface area contributed by atoms with Crippen molar-refractivity contribution in [3.63, 3.8) is 0 Å². The maximum atomic E-state index is 12.7. The quantitative estimate of drug-likeness (QED) is 0.677. The van der Waals surface area contributed by atoms with Crippen molar-refractivity contribution in [2.24, 2.45) is 4.99 Å². The van der Waals surface area contributed by atoms with E-state index in [1.165, 1.54) is 11.8 Å². The average molecular weight is 465 g/mol. The summed E-state index contributed by atoms with van der Waals surface area (Å²) in [5.41, 5.74) is 2.35. The topological polar surface area (TPSA) is 66.8 Å². The highest BCUT2D eigenvalue weighted by atomic mass is 79.9.